The molecule has 0 radical (unpaired) electrons. The zero-order valence-corrected chi connectivity index (χ0v) is 20.5. The highest BCUT2D eigenvalue weighted by atomic mass is 14.8. The van der Waals surface area contributed by atoms with Crippen LogP contribution < -0.4 is 0 Å². The van der Waals surface area contributed by atoms with Gasteiger partial charge in [0.05, 0.1) is 22.2 Å². The van der Waals surface area contributed by atoms with Crippen molar-refractivity contribution in [3.8, 4) is 22.4 Å². The summed E-state index contributed by atoms with van der Waals surface area (Å²) in [7, 11) is 0. The summed E-state index contributed by atoms with van der Waals surface area (Å²) >= 11 is 0. The maximum Gasteiger partial charge on any atom is 0.0972 e. The highest BCUT2D eigenvalue weighted by Crippen LogP contribution is 2.45. The fourth-order valence-corrected chi connectivity index (χ4v) is 5.84. The molecule has 3 nitrogen and oxygen atoms in total. The number of hydrogen-bond donors (Lipinski definition) is 0. The van der Waals surface area contributed by atoms with E-state index in [0.29, 0.717) is 0 Å². The smallest absolute Gasteiger partial charge is 0.0972 e. The molecular formula is C35H21N3. The first-order chi connectivity index (χ1) is 18.9. The minimum atomic E-state index is 0.915. The maximum atomic E-state index is 5.27. The van der Waals surface area contributed by atoms with E-state index in [4.69, 9.17) is 9.97 Å². The van der Waals surface area contributed by atoms with Crippen molar-refractivity contribution in [2.45, 2.75) is 0 Å². The average Bonchev–Trinajstić information content (AvgIpc) is 3.00. The average molecular weight is 484 g/mol. The Bertz CT molecular complexity index is 2180. The van der Waals surface area contributed by atoms with Crippen molar-refractivity contribution in [1.29, 1.82) is 0 Å². The van der Waals surface area contributed by atoms with Crippen LogP contribution in [0.25, 0.3) is 76.6 Å². The molecule has 0 amide bonds. The van der Waals surface area contributed by atoms with Crippen LogP contribution in [0.5, 0.6) is 0 Å². The van der Waals surface area contributed by atoms with Crippen molar-refractivity contribution in [3.63, 3.8) is 0 Å². The van der Waals surface area contributed by atoms with Gasteiger partial charge in [-0.2, -0.15) is 0 Å². The Balaban J connectivity index is 1.59. The number of nitrogens with zero attached hydrogens (tertiary/aromatic N) is 3. The highest BCUT2D eigenvalue weighted by molar-refractivity contribution is 6.27. The van der Waals surface area contributed by atoms with Crippen LogP contribution in [-0.4, -0.2) is 15.0 Å². The lowest BCUT2D eigenvalue weighted by molar-refractivity contribution is 1.37. The number of pyridine rings is 3. The molecule has 0 spiro atoms. The summed E-state index contributed by atoms with van der Waals surface area (Å²) < 4.78 is 0. The molecule has 0 fully saturated rings. The molecule has 0 aliphatic heterocycles. The molecule has 0 atom stereocenters. The van der Waals surface area contributed by atoms with Gasteiger partial charge in [-0.25, -0.2) is 4.98 Å². The summed E-state index contributed by atoms with van der Waals surface area (Å²) in [4.78, 5) is 14.9. The lowest BCUT2D eigenvalue weighted by atomic mass is 9.86. The Morgan fingerprint density at radius 1 is 0.447 bits per heavy atom. The minimum absolute atomic E-state index is 0.915. The third-order valence-corrected chi connectivity index (χ3v) is 7.51. The van der Waals surface area contributed by atoms with Gasteiger partial charge < -0.3 is 0 Å². The lowest BCUT2D eigenvalue weighted by Crippen LogP contribution is -1.95. The molecule has 8 aromatic rings. The zero-order valence-electron chi connectivity index (χ0n) is 20.5. The molecule has 38 heavy (non-hydrogen) atoms. The van der Waals surface area contributed by atoms with E-state index in [-0.39, 0.29) is 0 Å². The lowest BCUT2D eigenvalue weighted by Gasteiger charge is -2.18. The standard InChI is InChI=1S/C35H21N3/c1-2-9-22(10-3-1)31-25-12-4-5-13-26(25)32(28-21-37-29-15-7-6-14-27(29)33(28)31)30-19-18-24-17-16-23-11-8-20-36-34(23)35(24)38-30/h1-21H. The van der Waals surface area contributed by atoms with Crippen LogP contribution >= 0.6 is 0 Å². The third kappa shape index (κ3) is 3.06. The predicted octanol–water partition coefficient (Wildman–Crippen LogP) is 8.97. The monoisotopic (exact) mass is 483 g/mol. The second-order valence-electron chi connectivity index (χ2n) is 9.63. The number of para-hydroxylation sites is 1. The summed E-state index contributed by atoms with van der Waals surface area (Å²) in [6, 6.07) is 40.4. The number of rotatable bonds is 2. The second-order valence-corrected chi connectivity index (χ2v) is 9.63. The predicted molar refractivity (Wildman–Crippen MR) is 158 cm³/mol. The molecular weight excluding hydrogens is 462 g/mol. The second kappa shape index (κ2) is 8.19. The molecule has 5 aromatic carbocycles. The maximum absolute atomic E-state index is 5.27. The van der Waals surface area contributed by atoms with E-state index in [9.17, 15) is 0 Å². The van der Waals surface area contributed by atoms with E-state index in [0.717, 1.165) is 54.7 Å². The largest absolute Gasteiger partial charge is 0.256 e. The van der Waals surface area contributed by atoms with Crippen molar-refractivity contribution >= 4 is 54.3 Å². The van der Waals surface area contributed by atoms with Gasteiger partial charge >= 0.3 is 0 Å². The van der Waals surface area contributed by atoms with Gasteiger partial charge in [-0.05, 0) is 40.1 Å². The molecule has 3 aromatic heterocycles. The van der Waals surface area contributed by atoms with Crippen molar-refractivity contribution in [2.24, 2.45) is 0 Å². The summed E-state index contributed by atoms with van der Waals surface area (Å²) in [5, 5.41) is 7.98. The summed E-state index contributed by atoms with van der Waals surface area (Å²) in [6.45, 7) is 0. The van der Waals surface area contributed by atoms with Gasteiger partial charge in [0.25, 0.3) is 0 Å². The minimum Gasteiger partial charge on any atom is -0.256 e. The first-order valence-electron chi connectivity index (χ1n) is 12.8. The molecule has 0 aliphatic rings. The van der Waals surface area contributed by atoms with Crippen LogP contribution in [0.4, 0.5) is 0 Å². The van der Waals surface area contributed by atoms with E-state index in [1.165, 1.54) is 21.9 Å². The molecule has 3 heterocycles. The molecule has 8 rings (SSSR count). The quantitative estimate of drug-likeness (QED) is 0.182. The van der Waals surface area contributed by atoms with E-state index in [2.05, 4.69) is 108 Å². The Hall–Kier alpha value is -5.15. The number of fused-ring (bicyclic) bond motifs is 7. The molecule has 0 aliphatic carbocycles. The SMILES string of the molecule is c1ccc(-c2c3ccccc3c(-c3ccc4ccc5cccnc5c4n3)c3cnc4ccccc4c23)cc1. The van der Waals surface area contributed by atoms with Crippen molar-refractivity contribution < 1.29 is 0 Å². The zero-order chi connectivity index (χ0) is 25.1. The summed E-state index contributed by atoms with van der Waals surface area (Å²) in [5.41, 5.74) is 7.27. The van der Waals surface area contributed by atoms with Gasteiger partial charge in [0, 0.05) is 44.9 Å². The van der Waals surface area contributed by atoms with Gasteiger partial charge in [-0.3, -0.25) is 9.97 Å². The first-order valence-corrected chi connectivity index (χ1v) is 12.8. The van der Waals surface area contributed by atoms with E-state index in [1.54, 1.807) is 0 Å². The Morgan fingerprint density at radius 2 is 1.13 bits per heavy atom. The van der Waals surface area contributed by atoms with Crippen LogP contribution in [0.15, 0.2) is 128 Å². The van der Waals surface area contributed by atoms with Crippen molar-refractivity contribution in [1.82, 2.24) is 15.0 Å². The van der Waals surface area contributed by atoms with Gasteiger partial charge in [0.2, 0.25) is 0 Å². The van der Waals surface area contributed by atoms with Crippen LogP contribution in [-0.2, 0) is 0 Å². The summed E-state index contributed by atoms with van der Waals surface area (Å²) in [5.74, 6) is 0. The molecule has 3 heteroatoms. The van der Waals surface area contributed by atoms with Crippen LogP contribution in [0.2, 0.25) is 0 Å². The van der Waals surface area contributed by atoms with Crippen molar-refractivity contribution in [2.75, 3.05) is 0 Å². The van der Waals surface area contributed by atoms with Crippen LogP contribution in [0, 0.1) is 0 Å². The highest BCUT2D eigenvalue weighted by Gasteiger charge is 2.20. The fraction of sp³-hybridized carbons (Fsp3) is 0. The Morgan fingerprint density at radius 3 is 1.97 bits per heavy atom. The molecule has 0 saturated heterocycles. The molecule has 0 bridgehead atoms. The summed E-state index contributed by atoms with van der Waals surface area (Å²) in [6.07, 6.45) is 3.87. The normalized spacial score (nSPS) is 11.7. The van der Waals surface area contributed by atoms with Gasteiger partial charge in [-0.1, -0.05) is 97.1 Å². The van der Waals surface area contributed by atoms with Crippen molar-refractivity contribution in [3.05, 3.63) is 128 Å². The van der Waals surface area contributed by atoms with E-state index in [1.807, 2.05) is 24.5 Å². The Labute approximate surface area is 219 Å². The fourth-order valence-electron chi connectivity index (χ4n) is 5.84. The van der Waals surface area contributed by atoms with E-state index < -0.39 is 0 Å². The van der Waals surface area contributed by atoms with Gasteiger partial charge in [-0.15, -0.1) is 0 Å². The number of benzene rings is 5. The van der Waals surface area contributed by atoms with Crippen LogP contribution in [0.3, 0.4) is 0 Å². The molecule has 176 valence electrons. The first kappa shape index (κ1) is 21.0. The molecule has 0 unspecified atom stereocenters. The van der Waals surface area contributed by atoms with E-state index >= 15 is 0 Å². The third-order valence-electron chi connectivity index (χ3n) is 7.51. The Kier molecular flexibility index (Phi) is 4.52. The van der Waals surface area contributed by atoms with Crippen LogP contribution in [0.1, 0.15) is 0 Å². The van der Waals surface area contributed by atoms with Gasteiger partial charge in [0.1, 0.15) is 0 Å². The topological polar surface area (TPSA) is 38.7 Å². The molecule has 0 N–H and O–H groups in total. The van der Waals surface area contributed by atoms with Gasteiger partial charge in [0.15, 0.2) is 0 Å². The number of aromatic nitrogens is 3. The molecule has 0 saturated carbocycles. The number of hydrogen-bond acceptors (Lipinski definition) is 3.